The third kappa shape index (κ3) is 5.46. The van der Waals surface area contributed by atoms with Gasteiger partial charge in [-0.25, -0.2) is 4.79 Å². The highest BCUT2D eigenvalue weighted by Gasteiger charge is 2.30. The van der Waals surface area contributed by atoms with Gasteiger partial charge in [-0.3, -0.25) is 14.3 Å². The fraction of sp³-hybridized carbons (Fsp3) is 0.476. The third-order valence-corrected chi connectivity index (χ3v) is 5.17. The standard InChI is InChI=1S/C21H27F3N8O2/c1-4-5-10-30(17-18(25)31(11-13(2)3)20(34)26-19(17)33)12-16-27-28-29-32(16)15-8-6-14(7-9-15)21(22,23)24/h6-9,13H,4-5,10-12,25H2,1-3H3,(H,26,33,34). The lowest BCUT2D eigenvalue weighted by atomic mass is 10.2. The van der Waals surface area contributed by atoms with Gasteiger partial charge < -0.3 is 10.6 Å². The first-order valence-corrected chi connectivity index (χ1v) is 10.8. The fourth-order valence-corrected chi connectivity index (χ4v) is 3.52. The van der Waals surface area contributed by atoms with E-state index in [0.29, 0.717) is 25.2 Å². The highest BCUT2D eigenvalue weighted by atomic mass is 19.4. The first-order valence-electron chi connectivity index (χ1n) is 10.8. The summed E-state index contributed by atoms with van der Waals surface area (Å²) in [6.07, 6.45) is -2.93. The van der Waals surface area contributed by atoms with Gasteiger partial charge in [0, 0.05) is 13.1 Å². The zero-order chi connectivity index (χ0) is 25.0. The molecule has 1 aromatic carbocycles. The molecule has 2 aromatic heterocycles. The molecule has 13 heteroatoms. The van der Waals surface area contributed by atoms with Crippen molar-refractivity contribution in [3.05, 3.63) is 56.5 Å². The minimum Gasteiger partial charge on any atom is -0.383 e. The van der Waals surface area contributed by atoms with Crippen LogP contribution >= 0.6 is 0 Å². The van der Waals surface area contributed by atoms with E-state index in [9.17, 15) is 22.8 Å². The zero-order valence-electron chi connectivity index (χ0n) is 19.1. The van der Waals surface area contributed by atoms with Gasteiger partial charge in [0.1, 0.15) is 11.5 Å². The topological polar surface area (TPSA) is 128 Å². The van der Waals surface area contributed by atoms with Gasteiger partial charge in [0.05, 0.1) is 17.8 Å². The number of nitrogens with zero attached hydrogens (tertiary/aromatic N) is 6. The number of nitrogens with one attached hydrogen (secondary N) is 1. The van der Waals surface area contributed by atoms with Crippen LogP contribution in [0.4, 0.5) is 24.7 Å². The summed E-state index contributed by atoms with van der Waals surface area (Å²) in [5, 5.41) is 11.6. The Morgan fingerprint density at radius 3 is 2.44 bits per heavy atom. The Bertz CT molecular complexity index is 1230. The van der Waals surface area contributed by atoms with Crippen LogP contribution in [0.15, 0.2) is 33.9 Å². The van der Waals surface area contributed by atoms with Gasteiger partial charge >= 0.3 is 11.9 Å². The molecule has 0 amide bonds. The van der Waals surface area contributed by atoms with Crippen molar-refractivity contribution in [3.8, 4) is 5.69 Å². The van der Waals surface area contributed by atoms with Gasteiger partial charge in [-0.1, -0.05) is 27.2 Å². The molecule has 0 atom stereocenters. The van der Waals surface area contributed by atoms with Gasteiger partial charge in [0.25, 0.3) is 5.56 Å². The van der Waals surface area contributed by atoms with E-state index in [2.05, 4.69) is 20.5 Å². The van der Waals surface area contributed by atoms with Crippen molar-refractivity contribution in [2.24, 2.45) is 5.92 Å². The van der Waals surface area contributed by atoms with Crippen molar-refractivity contribution in [1.29, 1.82) is 0 Å². The molecular weight excluding hydrogens is 453 g/mol. The normalized spacial score (nSPS) is 11.9. The van der Waals surface area contributed by atoms with Crippen LogP contribution in [0.2, 0.25) is 0 Å². The number of nitrogens with two attached hydrogens (primary N) is 1. The van der Waals surface area contributed by atoms with Crippen LogP contribution in [-0.2, 0) is 19.3 Å². The lowest BCUT2D eigenvalue weighted by Crippen LogP contribution is -2.39. The summed E-state index contributed by atoms with van der Waals surface area (Å²) in [6, 6.07) is 4.42. The van der Waals surface area contributed by atoms with Gasteiger partial charge in [0.2, 0.25) is 0 Å². The largest absolute Gasteiger partial charge is 0.416 e. The number of aromatic amines is 1. The summed E-state index contributed by atoms with van der Waals surface area (Å²) in [5.41, 5.74) is 4.71. The number of anilines is 2. The maximum Gasteiger partial charge on any atom is 0.416 e. The minimum absolute atomic E-state index is 0.0344. The molecule has 0 unspecified atom stereocenters. The molecule has 0 bridgehead atoms. The summed E-state index contributed by atoms with van der Waals surface area (Å²) in [7, 11) is 0. The number of nitrogen functional groups attached to an aromatic ring is 1. The minimum atomic E-state index is -4.46. The number of benzene rings is 1. The molecule has 3 aromatic rings. The number of H-pyrrole nitrogens is 1. The maximum atomic E-state index is 12.9. The average Bonchev–Trinajstić information content (AvgIpc) is 3.22. The Labute approximate surface area is 193 Å². The van der Waals surface area contributed by atoms with E-state index in [1.54, 1.807) is 4.90 Å². The molecule has 0 aliphatic carbocycles. The molecule has 0 saturated carbocycles. The molecule has 0 aliphatic rings. The molecular formula is C21H27F3N8O2. The van der Waals surface area contributed by atoms with Crippen LogP contribution in [0.3, 0.4) is 0 Å². The Kier molecular flexibility index (Phi) is 7.42. The van der Waals surface area contributed by atoms with Crippen molar-refractivity contribution in [1.82, 2.24) is 29.8 Å². The molecule has 10 nitrogen and oxygen atoms in total. The maximum absolute atomic E-state index is 12.9. The van der Waals surface area contributed by atoms with Gasteiger partial charge in [-0.15, -0.1) is 5.10 Å². The number of hydrogen-bond acceptors (Lipinski definition) is 7. The van der Waals surface area contributed by atoms with Crippen molar-refractivity contribution in [2.75, 3.05) is 17.2 Å². The predicted molar refractivity (Wildman–Crippen MR) is 121 cm³/mol. The van der Waals surface area contributed by atoms with Crippen LogP contribution in [0.5, 0.6) is 0 Å². The van der Waals surface area contributed by atoms with Crippen molar-refractivity contribution in [2.45, 2.75) is 52.9 Å². The predicted octanol–water partition coefficient (Wildman–Crippen LogP) is 2.58. The Morgan fingerprint density at radius 1 is 1.18 bits per heavy atom. The summed E-state index contributed by atoms with van der Waals surface area (Å²) in [4.78, 5) is 29.1. The number of rotatable bonds is 9. The first kappa shape index (κ1) is 25.0. The van der Waals surface area contributed by atoms with Crippen LogP contribution in [0.25, 0.3) is 5.69 Å². The van der Waals surface area contributed by atoms with E-state index in [1.807, 2.05) is 20.8 Å². The molecule has 0 fully saturated rings. The molecule has 184 valence electrons. The second kappa shape index (κ2) is 10.1. The molecule has 0 spiro atoms. The SMILES string of the molecule is CCCCN(Cc1nnnn1-c1ccc(C(F)(F)F)cc1)c1c(N)n(CC(C)C)c(=O)[nH]c1=O. The Balaban J connectivity index is 2.01. The lowest BCUT2D eigenvalue weighted by Gasteiger charge is -2.26. The second-order valence-corrected chi connectivity index (χ2v) is 8.32. The third-order valence-electron chi connectivity index (χ3n) is 5.17. The molecule has 3 rings (SSSR count). The van der Waals surface area contributed by atoms with E-state index >= 15 is 0 Å². The van der Waals surface area contributed by atoms with E-state index in [4.69, 9.17) is 5.73 Å². The van der Waals surface area contributed by atoms with Gasteiger partial charge in [-0.2, -0.15) is 17.9 Å². The summed E-state index contributed by atoms with van der Waals surface area (Å²) in [6.45, 7) is 6.61. The first-order chi connectivity index (χ1) is 16.0. The smallest absolute Gasteiger partial charge is 0.383 e. The highest BCUT2D eigenvalue weighted by Crippen LogP contribution is 2.29. The number of aromatic nitrogens is 6. The Morgan fingerprint density at radius 2 is 1.85 bits per heavy atom. The molecule has 34 heavy (non-hydrogen) atoms. The van der Waals surface area contributed by atoms with Crippen molar-refractivity contribution in [3.63, 3.8) is 0 Å². The van der Waals surface area contributed by atoms with Gasteiger partial charge in [0.15, 0.2) is 5.82 Å². The monoisotopic (exact) mass is 480 g/mol. The van der Waals surface area contributed by atoms with E-state index in [1.165, 1.54) is 21.4 Å². The fourth-order valence-electron chi connectivity index (χ4n) is 3.52. The highest BCUT2D eigenvalue weighted by molar-refractivity contribution is 5.62. The quantitative estimate of drug-likeness (QED) is 0.482. The summed E-state index contributed by atoms with van der Waals surface area (Å²) >= 11 is 0. The van der Waals surface area contributed by atoms with Crippen LogP contribution in [0.1, 0.15) is 45.0 Å². The van der Waals surface area contributed by atoms with E-state index < -0.39 is 23.0 Å². The molecule has 0 saturated heterocycles. The van der Waals surface area contributed by atoms with E-state index in [0.717, 1.165) is 18.6 Å². The summed E-state index contributed by atoms with van der Waals surface area (Å²) < 4.78 is 41.4. The van der Waals surface area contributed by atoms with Crippen molar-refractivity contribution >= 4 is 11.5 Å². The average molecular weight is 480 g/mol. The number of hydrogen-bond donors (Lipinski definition) is 2. The number of halogens is 3. The van der Waals surface area contributed by atoms with Crippen LogP contribution in [-0.4, -0.2) is 36.3 Å². The second-order valence-electron chi connectivity index (χ2n) is 8.32. The Hall–Kier alpha value is -3.64. The van der Waals surface area contributed by atoms with Crippen LogP contribution < -0.4 is 21.9 Å². The zero-order valence-corrected chi connectivity index (χ0v) is 19.1. The van der Waals surface area contributed by atoms with Crippen molar-refractivity contribution < 1.29 is 13.2 Å². The van der Waals surface area contributed by atoms with Gasteiger partial charge in [-0.05, 0) is 47.0 Å². The number of tetrazole rings is 1. The number of unbranched alkanes of at least 4 members (excludes halogenated alkanes) is 1. The lowest BCUT2D eigenvalue weighted by molar-refractivity contribution is -0.137. The molecule has 0 radical (unpaired) electrons. The van der Waals surface area contributed by atoms with E-state index in [-0.39, 0.29) is 29.8 Å². The molecule has 0 aliphatic heterocycles. The van der Waals surface area contributed by atoms with Crippen LogP contribution in [0, 0.1) is 5.92 Å². The molecule has 2 heterocycles. The number of alkyl halides is 3. The molecule has 3 N–H and O–H groups in total. The summed E-state index contributed by atoms with van der Waals surface area (Å²) in [5.74, 6) is 0.429.